The minimum atomic E-state index is -0.0492. The van der Waals surface area contributed by atoms with Crippen LogP contribution in [0.15, 0.2) is 17.5 Å². The summed E-state index contributed by atoms with van der Waals surface area (Å²) in [7, 11) is 1.83. The van der Waals surface area contributed by atoms with Gasteiger partial charge in [0.15, 0.2) is 0 Å². The molecule has 1 aromatic heterocycles. The molecule has 0 saturated carbocycles. The van der Waals surface area contributed by atoms with E-state index in [-0.39, 0.29) is 11.8 Å². The molecule has 0 aromatic carbocycles. The third-order valence-electron chi connectivity index (χ3n) is 3.41. The van der Waals surface area contributed by atoms with Crippen LogP contribution in [0.3, 0.4) is 0 Å². The highest BCUT2D eigenvalue weighted by atomic mass is 32.1. The van der Waals surface area contributed by atoms with Gasteiger partial charge in [-0.15, -0.1) is 11.3 Å². The molecule has 1 atom stereocenters. The molecule has 0 aliphatic rings. The fraction of sp³-hybridized carbons (Fsp3) is 0.625. The molecule has 0 spiro atoms. The number of nitrogens with zero attached hydrogens (tertiary/aromatic N) is 1. The number of Topliss-reactive ketones (excluding diaryl/α,β-unsaturated/α-hetero) is 1. The Labute approximate surface area is 126 Å². The highest BCUT2D eigenvalue weighted by molar-refractivity contribution is 7.10. The normalized spacial score (nSPS) is 12.2. The molecule has 0 N–H and O–H groups in total. The Morgan fingerprint density at radius 2 is 1.95 bits per heavy atom. The molecule has 0 saturated heterocycles. The first kappa shape index (κ1) is 16.9. The molecule has 1 aromatic rings. The van der Waals surface area contributed by atoms with E-state index in [0.29, 0.717) is 25.2 Å². The van der Waals surface area contributed by atoms with E-state index < -0.39 is 0 Å². The lowest BCUT2D eigenvalue weighted by Crippen LogP contribution is -2.29. The molecule has 20 heavy (non-hydrogen) atoms. The molecule has 112 valence electrons. The van der Waals surface area contributed by atoms with Crippen LogP contribution in [0.5, 0.6) is 0 Å². The van der Waals surface area contributed by atoms with Crippen molar-refractivity contribution in [3.05, 3.63) is 22.4 Å². The van der Waals surface area contributed by atoms with Crippen molar-refractivity contribution in [1.82, 2.24) is 4.90 Å². The van der Waals surface area contributed by atoms with Gasteiger partial charge in [0.25, 0.3) is 0 Å². The van der Waals surface area contributed by atoms with Crippen LogP contribution >= 0.6 is 11.3 Å². The quantitative estimate of drug-likeness (QED) is 0.694. The second kappa shape index (κ2) is 8.90. The van der Waals surface area contributed by atoms with Crippen LogP contribution in [-0.4, -0.2) is 30.2 Å². The number of hydrogen-bond acceptors (Lipinski definition) is 3. The predicted octanol–water partition coefficient (Wildman–Crippen LogP) is 3.85. The summed E-state index contributed by atoms with van der Waals surface area (Å²) >= 11 is 1.63. The maximum Gasteiger partial charge on any atom is 0.222 e. The van der Waals surface area contributed by atoms with Crippen LogP contribution < -0.4 is 0 Å². The van der Waals surface area contributed by atoms with Gasteiger partial charge in [-0.1, -0.05) is 19.9 Å². The maximum atomic E-state index is 12.3. The Balaban J connectivity index is 2.62. The minimum absolute atomic E-state index is 0.0492. The number of thiophene rings is 1. The van der Waals surface area contributed by atoms with Gasteiger partial charge >= 0.3 is 0 Å². The minimum Gasteiger partial charge on any atom is -0.346 e. The fourth-order valence-electron chi connectivity index (χ4n) is 2.22. The molecule has 0 radical (unpaired) electrons. The second-order valence-electron chi connectivity index (χ2n) is 5.14. The summed E-state index contributed by atoms with van der Waals surface area (Å²) in [4.78, 5) is 26.9. The molecule has 0 aliphatic carbocycles. The van der Waals surface area contributed by atoms with E-state index in [9.17, 15) is 9.59 Å². The second-order valence-corrected chi connectivity index (χ2v) is 6.12. The molecular formula is C16H25NO2S. The summed E-state index contributed by atoms with van der Waals surface area (Å²) in [6.45, 7) is 4.68. The first-order chi connectivity index (χ1) is 9.60. The van der Waals surface area contributed by atoms with Gasteiger partial charge in [0.1, 0.15) is 5.78 Å². The van der Waals surface area contributed by atoms with E-state index >= 15 is 0 Å². The average Bonchev–Trinajstić information content (AvgIpc) is 2.93. The van der Waals surface area contributed by atoms with Crippen LogP contribution in [0.4, 0.5) is 0 Å². The average molecular weight is 295 g/mol. The summed E-state index contributed by atoms with van der Waals surface area (Å²) in [5.41, 5.74) is 0. The summed E-state index contributed by atoms with van der Waals surface area (Å²) in [6.07, 6.45) is 3.68. The number of carbonyl (C=O) groups is 2. The van der Waals surface area contributed by atoms with Crippen molar-refractivity contribution >= 4 is 23.0 Å². The van der Waals surface area contributed by atoms with Crippen molar-refractivity contribution in [3.8, 4) is 0 Å². The van der Waals surface area contributed by atoms with Gasteiger partial charge in [-0.2, -0.15) is 0 Å². The standard InChI is InChI=1S/C16H25NO2S/c1-4-7-14(18)13(15-9-6-12-20-15)10-11-17(3)16(19)8-5-2/h6,9,12-13H,4-5,7-8,10-11H2,1-3H3/t13-/m0/s1. The Bertz CT molecular complexity index is 414. The van der Waals surface area contributed by atoms with Crippen molar-refractivity contribution in [2.24, 2.45) is 0 Å². The zero-order valence-electron chi connectivity index (χ0n) is 12.7. The third kappa shape index (κ3) is 5.08. The van der Waals surface area contributed by atoms with Crippen LogP contribution in [0.25, 0.3) is 0 Å². The van der Waals surface area contributed by atoms with Gasteiger partial charge < -0.3 is 4.90 Å². The number of carbonyl (C=O) groups excluding carboxylic acids is 2. The maximum absolute atomic E-state index is 12.3. The van der Waals surface area contributed by atoms with Gasteiger partial charge in [0.2, 0.25) is 5.91 Å². The van der Waals surface area contributed by atoms with Crippen LogP contribution in [-0.2, 0) is 9.59 Å². The largest absolute Gasteiger partial charge is 0.346 e. The molecule has 1 amide bonds. The Morgan fingerprint density at radius 3 is 2.50 bits per heavy atom. The molecule has 4 heteroatoms. The topological polar surface area (TPSA) is 37.4 Å². The zero-order valence-corrected chi connectivity index (χ0v) is 13.5. The van der Waals surface area contributed by atoms with E-state index in [1.165, 1.54) is 0 Å². The van der Waals surface area contributed by atoms with E-state index in [1.54, 1.807) is 16.2 Å². The summed E-state index contributed by atoms with van der Waals surface area (Å²) < 4.78 is 0. The number of rotatable bonds is 9. The van der Waals surface area contributed by atoms with Crippen molar-refractivity contribution < 1.29 is 9.59 Å². The first-order valence-electron chi connectivity index (χ1n) is 7.40. The summed E-state index contributed by atoms with van der Waals surface area (Å²) in [5, 5.41) is 2.01. The van der Waals surface area contributed by atoms with Crippen molar-refractivity contribution in [1.29, 1.82) is 0 Å². The summed E-state index contributed by atoms with van der Waals surface area (Å²) in [6, 6.07) is 4.01. The van der Waals surface area contributed by atoms with Crippen molar-refractivity contribution in [2.75, 3.05) is 13.6 Å². The van der Waals surface area contributed by atoms with Crippen LogP contribution in [0, 0.1) is 0 Å². The zero-order chi connectivity index (χ0) is 15.0. The van der Waals surface area contributed by atoms with E-state index in [2.05, 4.69) is 0 Å². The number of amides is 1. The number of hydrogen-bond donors (Lipinski definition) is 0. The number of ketones is 1. The Kier molecular flexibility index (Phi) is 7.52. The molecular weight excluding hydrogens is 270 g/mol. The van der Waals surface area contributed by atoms with E-state index in [4.69, 9.17) is 0 Å². The molecule has 3 nitrogen and oxygen atoms in total. The lowest BCUT2D eigenvalue weighted by molar-refractivity contribution is -0.130. The molecule has 0 fully saturated rings. The lowest BCUT2D eigenvalue weighted by atomic mass is 9.95. The molecule has 0 unspecified atom stereocenters. The van der Waals surface area contributed by atoms with Crippen molar-refractivity contribution in [2.45, 2.75) is 51.9 Å². The van der Waals surface area contributed by atoms with E-state index in [1.807, 2.05) is 38.4 Å². The van der Waals surface area contributed by atoms with Crippen molar-refractivity contribution in [3.63, 3.8) is 0 Å². The lowest BCUT2D eigenvalue weighted by Gasteiger charge is -2.20. The predicted molar refractivity (Wildman–Crippen MR) is 84.1 cm³/mol. The monoisotopic (exact) mass is 295 g/mol. The SMILES string of the molecule is CCCC(=O)[C@H](CCN(C)C(=O)CCC)c1cccs1. The Hall–Kier alpha value is -1.16. The fourth-order valence-corrected chi connectivity index (χ4v) is 3.11. The summed E-state index contributed by atoms with van der Waals surface area (Å²) in [5.74, 6) is 0.415. The van der Waals surface area contributed by atoms with Crippen LogP contribution in [0.2, 0.25) is 0 Å². The van der Waals surface area contributed by atoms with Gasteiger partial charge in [0, 0.05) is 31.3 Å². The molecule has 0 bridgehead atoms. The van der Waals surface area contributed by atoms with Gasteiger partial charge in [-0.25, -0.2) is 0 Å². The van der Waals surface area contributed by atoms with Gasteiger partial charge in [0.05, 0.1) is 5.92 Å². The van der Waals surface area contributed by atoms with Gasteiger partial charge in [-0.3, -0.25) is 9.59 Å². The Morgan fingerprint density at radius 1 is 1.25 bits per heavy atom. The highest BCUT2D eigenvalue weighted by Gasteiger charge is 2.21. The van der Waals surface area contributed by atoms with Gasteiger partial charge in [-0.05, 0) is 30.7 Å². The third-order valence-corrected chi connectivity index (χ3v) is 4.40. The van der Waals surface area contributed by atoms with Crippen LogP contribution in [0.1, 0.15) is 56.7 Å². The molecule has 1 heterocycles. The highest BCUT2D eigenvalue weighted by Crippen LogP contribution is 2.27. The smallest absolute Gasteiger partial charge is 0.222 e. The van der Waals surface area contributed by atoms with E-state index in [0.717, 1.165) is 24.1 Å². The first-order valence-corrected chi connectivity index (χ1v) is 8.28. The molecule has 1 rings (SSSR count). The molecule has 0 aliphatic heterocycles.